The van der Waals surface area contributed by atoms with Crippen molar-refractivity contribution in [3.8, 4) is 0 Å². The smallest absolute Gasteiger partial charge is 0.358 e. The zero-order chi connectivity index (χ0) is 13.0. The number of hydrogen-bond acceptors (Lipinski definition) is 1. The Morgan fingerprint density at radius 2 is 1.91 bits per heavy atom. The number of hydrogen-bond donors (Lipinski definition) is 0. The molecule has 0 aliphatic heterocycles. The van der Waals surface area contributed by atoms with Gasteiger partial charge in [-0.15, -0.1) is 29.7 Å². The van der Waals surface area contributed by atoms with E-state index in [1.807, 2.05) is 24.5 Å². The molecule has 0 aliphatic rings. The number of pyridine rings is 1. The maximum Gasteiger partial charge on any atom is 2.00 e. The molecule has 4 heteroatoms. The molecule has 0 N–H and O–H groups in total. The predicted octanol–water partition coefficient (Wildman–Crippen LogP) is 4.50. The summed E-state index contributed by atoms with van der Waals surface area (Å²) in [6.07, 6.45) is 3.88. The Kier molecular flexibility index (Phi) is 6.50. The van der Waals surface area contributed by atoms with Gasteiger partial charge in [-0.25, -0.2) is 0 Å². The molecule has 2 nitrogen and oxygen atoms in total. The third-order valence-electron chi connectivity index (χ3n) is 3.70. The van der Waals surface area contributed by atoms with Gasteiger partial charge in [0.2, 0.25) is 0 Å². The van der Waals surface area contributed by atoms with E-state index in [0.29, 0.717) is 0 Å². The number of fused-ring (bicyclic) bond motifs is 6. The van der Waals surface area contributed by atoms with E-state index in [4.69, 9.17) is 0 Å². The monoisotopic (exact) mass is 544 g/mol. The number of rotatable bonds is 0. The standard InChI is InChI=1S/C17H13N2.CH3.Pt.Y/c1-11-9-12(2)16-15(10-11)13-5-3-4-6-14(13)17-18-7-8-19(16)17;;;/h3-5,7-10H,1-2H3;1H3;;/q2*-1;+2;. The SMILES string of the molecule is Cc1cc(C)c2c(c1)c1ccc[c-]c1c1nccn12.[CH3-].[Pt+2].[Y]. The molecule has 2 aromatic carbocycles. The molecule has 0 aliphatic carbocycles. The third kappa shape index (κ3) is 2.82. The Balaban J connectivity index is 0.000000807. The molecule has 0 fully saturated rings. The summed E-state index contributed by atoms with van der Waals surface area (Å²) in [5.41, 5.74) is 4.79. The van der Waals surface area contributed by atoms with E-state index in [2.05, 4.69) is 47.5 Å². The van der Waals surface area contributed by atoms with Gasteiger partial charge in [-0.3, -0.25) is 4.98 Å². The first-order chi connectivity index (χ1) is 9.25. The summed E-state index contributed by atoms with van der Waals surface area (Å²) in [6.45, 7) is 4.30. The van der Waals surface area contributed by atoms with E-state index in [9.17, 15) is 0 Å². The van der Waals surface area contributed by atoms with E-state index in [1.54, 1.807) is 0 Å². The quantitative estimate of drug-likeness (QED) is 0.236. The van der Waals surface area contributed by atoms with Gasteiger partial charge in [-0.1, -0.05) is 23.1 Å². The molecule has 0 saturated carbocycles. The molecular weight excluding hydrogens is 528 g/mol. The largest absolute Gasteiger partial charge is 2.00 e. The van der Waals surface area contributed by atoms with Crippen LogP contribution in [0.5, 0.6) is 0 Å². The van der Waals surface area contributed by atoms with Crippen molar-refractivity contribution in [1.29, 1.82) is 0 Å². The topological polar surface area (TPSA) is 17.3 Å². The van der Waals surface area contributed by atoms with Crippen molar-refractivity contribution in [3.05, 3.63) is 67.3 Å². The average molecular weight is 544 g/mol. The second-order valence-electron chi connectivity index (χ2n) is 5.06. The van der Waals surface area contributed by atoms with Crippen LogP contribution < -0.4 is 0 Å². The fourth-order valence-electron chi connectivity index (χ4n) is 3.00. The van der Waals surface area contributed by atoms with Gasteiger partial charge >= 0.3 is 21.1 Å². The molecule has 22 heavy (non-hydrogen) atoms. The first-order valence-electron chi connectivity index (χ1n) is 6.42. The number of benzene rings is 2. The van der Waals surface area contributed by atoms with Crippen LogP contribution in [-0.4, -0.2) is 9.38 Å². The van der Waals surface area contributed by atoms with Gasteiger partial charge in [-0.2, -0.15) is 0 Å². The Hall–Kier alpha value is -0.558. The molecule has 0 spiro atoms. The fourth-order valence-corrected chi connectivity index (χ4v) is 3.00. The van der Waals surface area contributed by atoms with E-state index < -0.39 is 0 Å². The van der Waals surface area contributed by atoms with Gasteiger partial charge in [-0.05, 0) is 24.8 Å². The van der Waals surface area contributed by atoms with Crippen LogP contribution in [0.3, 0.4) is 0 Å². The Labute approximate surface area is 170 Å². The fraction of sp³-hybridized carbons (Fsp3) is 0.111. The third-order valence-corrected chi connectivity index (χ3v) is 3.70. The van der Waals surface area contributed by atoms with Crippen LogP contribution in [-0.2, 0) is 53.8 Å². The molecule has 2 aromatic heterocycles. The summed E-state index contributed by atoms with van der Waals surface area (Å²) in [5.74, 6) is 0. The molecule has 111 valence electrons. The van der Waals surface area contributed by atoms with E-state index in [1.165, 1.54) is 27.4 Å². The molecule has 0 unspecified atom stereocenters. The van der Waals surface area contributed by atoms with Crippen molar-refractivity contribution >= 4 is 27.3 Å². The van der Waals surface area contributed by atoms with E-state index >= 15 is 0 Å². The molecule has 0 atom stereocenters. The molecule has 0 saturated heterocycles. The van der Waals surface area contributed by atoms with Gasteiger partial charge in [0.05, 0.1) is 5.65 Å². The van der Waals surface area contributed by atoms with Crippen LogP contribution in [0, 0.1) is 27.3 Å². The summed E-state index contributed by atoms with van der Waals surface area (Å²) < 4.78 is 2.17. The van der Waals surface area contributed by atoms with E-state index in [0.717, 1.165) is 11.0 Å². The van der Waals surface area contributed by atoms with Crippen LogP contribution in [0.25, 0.3) is 27.3 Å². The van der Waals surface area contributed by atoms with Crippen LogP contribution in [0.1, 0.15) is 11.1 Å². The average Bonchev–Trinajstić information content (AvgIpc) is 2.87. The minimum atomic E-state index is 0. The minimum absolute atomic E-state index is 0. The number of aryl methyl sites for hydroxylation is 2. The Bertz CT molecular complexity index is 944. The minimum Gasteiger partial charge on any atom is -0.358 e. The maximum atomic E-state index is 4.49. The van der Waals surface area contributed by atoms with Crippen LogP contribution in [0.2, 0.25) is 0 Å². The van der Waals surface area contributed by atoms with Crippen molar-refractivity contribution in [1.82, 2.24) is 9.38 Å². The normalized spacial score (nSPS) is 10.1. The second kappa shape index (κ2) is 7.34. The molecule has 4 rings (SSSR count). The van der Waals surface area contributed by atoms with Gasteiger partial charge < -0.3 is 11.8 Å². The summed E-state index contributed by atoms with van der Waals surface area (Å²) in [7, 11) is 0. The Morgan fingerprint density at radius 3 is 2.68 bits per heavy atom. The van der Waals surface area contributed by atoms with Crippen LogP contribution in [0.4, 0.5) is 0 Å². The second-order valence-corrected chi connectivity index (χ2v) is 5.06. The van der Waals surface area contributed by atoms with Gasteiger partial charge in [0, 0.05) is 50.6 Å². The van der Waals surface area contributed by atoms with Crippen molar-refractivity contribution in [2.45, 2.75) is 13.8 Å². The molecule has 0 bridgehead atoms. The summed E-state index contributed by atoms with van der Waals surface area (Å²) in [4.78, 5) is 4.49. The molecular formula is C18H16N2PtY. The zero-order valence-electron chi connectivity index (χ0n) is 12.8. The number of imidazole rings is 1. The summed E-state index contributed by atoms with van der Waals surface area (Å²) >= 11 is 0. The van der Waals surface area contributed by atoms with Crippen molar-refractivity contribution in [2.24, 2.45) is 0 Å². The maximum absolute atomic E-state index is 4.49. The molecule has 1 radical (unpaired) electrons. The van der Waals surface area contributed by atoms with Crippen molar-refractivity contribution in [2.75, 3.05) is 0 Å². The van der Waals surface area contributed by atoms with Gasteiger partial charge in [0.15, 0.2) is 0 Å². The number of nitrogens with zero attached hydrogens (tertiary/aromatic N) is 2. The summed E-state index contributed by atoms with van der Waals surface area (Å²) in [5, 5.41) is 3.59. The van der Waals surface area contributed by atoms with Gasteiger partial charge in [0.25, 0.3) is 0 Å². The van der Waals surface area contributed by atoms with Crippen molar-refractivity contribution < 1.29 is 53.8 Å². The zero-order valence-corrected chi connectivity index (χ0v) is 17.9. The van der Waals surface area contributed by atoms with Crippen LogP contribution >= 0.6 is 0 Å². The molecule has 2 heterocycles. The Morgan fingerprint density at radius 1 is 1.14 bits per heavy atom. The van der Waals surface area contributed by atoms with E-state index in [-0.39, 0.29) is 61.2 Å². The van der Waals surface area contributed by atoms with Crippen LogP contribution in [0.15, 0.2) is 42.7 Å². The molecule has 0 amide bonds. The predicted molar refractivity (Wildman–Crippen MR) is 84.9 cm³/mol. The van der Waals surface area contributed by atoms with Crippen molar-refractivity contribution in [3.63, 3.8) is 0 Å². The first-order valence-corrected chi connectivity index (χ1v) is 6.42. The summed E-state index contributed by atoms with van der Waals surface area (Å²) in [6, 6.07) is 13.9. The first kappa shape index (κ1) is 19.5. The molecule has 4 aromatic rings. The number of aromatic nitrogens is 2. The van der Waals surface area contributed by atoms with Gasteiger partial charge in [0.1, 0.15) is 0 Å².